The zero-order valence-electron chi connectivity index (χ0n) is 11.3. The predicted molar refractivity (Wildman–Crippen MR) is 78.7 cm³/mol. The monoisotopic (exact) mass is 309 g/mol. The summed E-state index contributed by atoms with van der Waals surface area (Å²) >= 11 is 5.77. The first kappa shape index (κ1) is 14.9. The third-order valence-electron chi connectivity index (χ3n) is 2.66. The van der Waals surface area contributed by atoms with E-state index in [9.17, 15) is 10.1 Å². The van der Waals surface area contributed by atoms with E-state index in [-0.39, 0.29) is 16.7 Å². The fourth-order valence-corrected chi connectivity index (χ4v) is 1.90. The van der Waals surface area contributed by atoms with E-state index in [2.05, 4.69) is 10.3 Å². The van der Waals surface area contributed by atoms with Crippen LogP contribution in [-0.2, 0) is 0 Å². The zero-order valence-corrected chi connectivity index (χ0v) is 12.0. The summed E-state index contributed by atoms with van der Waals surface area (Å²) in [5.74, 6) is 1.39. The topological polar surface area (TPSA) is 86.5 Å². The minimum atomic E-state index is -0.538. The third kappa shape index (κ3) is 3.51. The molecule has 0 bridgehead atoms. The average Bonchev–Trinajstić information content (AvgIpc) is 2.47. The van der Waals surface area contributed by atoms with Gasteiger partial charge in [0.2, 0.25) is 0 Å². The number of rotatable bonds is 5. The number of aromatic nitrogens is 1. The van der Waals surface area contributed by atoms with Crippen molar-refractivity contribution >= 4 is 28.8 Å². The highest BCUT2D eigenvalue weighted by Crippen LogP contribution is 2.32. The first-order valence-electron chi connectivity index (χ1n) is 5.84. The zero-order chi connectivity index (χ0) is 15.4. The Morgan fingerprint density at radius 2 is 2.00 bits per heavy atom. The van der Waals surface area contributed by atoms with Gasteiger partial charge in [-0.2, -0.15) is 0 Å². The van der Waals surface area contributed by atoms with E-state index in [4.69, 9.17) is 21.1 Å². The fourth-order valence-electron chi connectivity index (χ4n) is 1.69. The lowest BCUT2D eigenvalue weighted by Gasteiger charge is -2.12. The smallest absolute Gasteiger partial charge is 0.276 e. The van der Waals surface area contributed by atoms with Crippen molar-refractivity contribution in [1.82, 2.24) is 4.98 Å². The molecule has 0 unspecified atom stereocenters. The highest BCUT2D eigenvalue weighted by Gasteiger charge is 2.12. The first-order chi connectivity index (χ1) is 10.0. The third-order valence-corrected chi connectivity index (χ3v) is 2.85. The quantitative estimate of drug-likeness (QED) is 0.517. The Morgan fingerprint density at radius 1 is 1.24 bits per heavy atom. The maximum absolute atomic E-state index is 10.8. The van der Waals surface area contributed by atoms with Gasteiger partial charge in [-0.15, -0.1) is 0 Å². The summed E-state index contributed by atoms with van der Waals surface area (Å²) in [6, 6.07) is 7.59. The number of hydrogen-bond donors (Lipinski definition) is 1. The normalized spacial score (nSPS) is 10.0. The van der Waals surface area contributed by atoms with E-state index in [0.29, 0.717) is 17.2 Å². The molecule has 1 aromatic carbocycles. The van der Waals surface area contributed by atoms with Crippen molar-refractivity contribution in [3.63, 3.8) is 0 Å². The lowest BCUT2D eigenvalue weighted by molar-refractivity contribution is -0.384. The SMILES string of the molecule is COc1ccc(Nc2cc([N+](=O)[O-])cc(Cl)n2)c(OC)c1. The van der Waals surface area contributed by atoms with Gasteiger partial charge in [0.1, 0.15) is 22.5 Å². The van der Waals surface area contributed by atoms with Crippen molar-refractivity contribution in [2.75, 3.05) is 19.5 Å². The van der Waals surface area contributed by atoms with Crippen LogP contribution in [0.1, 0.15) is 0 Å². The number of ether oxygens (including phenoxy) is 2. The molecule has 110 valence electrons. The summed E-state index contributed by atoms with van der Waals surface area (Å²) in [6.07, 6.45) is 0. The van der Waals surface area contributed by atoms with Crippen LogP contribution < -0.4 is 14.8 Å². The molecule has 2 aromatic rings. The van der Waals surface area contributed by atoms with Crippen LogP contribution in [0.3, 0.4) is 0 Å². The summed E-state index contributed by atoms with van der Waals surface area (Å²) in [5, 5.41) is 13.8. The first-order valence-corrected chi connectivity index (χ1v) is 6.22. The lowest BCUT2D eigenvalue weighted by atomic mass is 10.2. The molecule has 0 saturated carbocycles. The van der Waals surface area contributed by atoms with Gasteiger partial charge in [-0.25, -0.2) is 4.98 Å². The van der Waals surface area contributed by atoms with Crippen LogP contribution in [0.25, 0.3) is 0 Å². The molecule has 1 N–H and O–H groups in total. The molecule has 0 fully saturated rings. The fraction of sp³-hybridized carbons (Fsp3) is 0.154. The Hall–Kier alpha value is -2.54. The molecule has 8 heteroatoms. The van der Waals surface area contributed by atoms with E-state index in [1.165, 1.54) is 19.2 Å². The molecule has 0 aliphatic carbocycles. The maximum atomic E-state index is 10.8. The molecule has 1 aromatic heterocycles. The van der Waals surface area contributed by atoms with E-state index >= 15 is 0 Å². The minimum Gasteiger partial charge on any atom is -0.497 e. The van der Waals surface area contributed by atoms with Gasteiger partial charge in [-0.3, -0.25) is 10.1 Å². The highest BCUT2D eigenvalue weighted by molar-refractivity contribution is 6.29. The Kier molecular flexibility index (Phi) is 4.44. The minimum absolute atomic E-state index is 0.0270. The van der Waals surface area contributed by atoms with Gasteiger partial charge in [0.25, 0.3) is 5.69 Å². The summed E-state index contributed by atoms with van der Waals surface area (Å²) in [6.45, 7) is 0. The number of halogens is 1. The summed E-state index contributed by atoms with van der Waals surface area (Å²) in [4.78, 5) is 14.3. The molecule has 21 heavy (non-hydrogen) atoms. The van der Waals surface area contributed by atoms with Crippen molar-refractivity contribution in [3.05, 3.63) is 45.6 Å². The van der Waals surface area contributed by atoms with Crippen LogP contribution in [-0.4, -0.2) is 24.1 Å². The van der Waals surface area contributed by atoms with Gasteiger partial charge >= 0.3 is 0 Å². The van der Waals surface area contributed by atoms with Crippen molar-refractivity contribution in [2.45, 2.75) is 0 Å². The van der Waals surface area contributed by atoms with Crippen LogP contribution in [0.4, 0.5) is 17.2 Å². The van der Waals surface area contributed by atoms with E-state index in [0.717, 1.165) is 0 Å². The van der Waals surface area contributed by atoms with Crippen molar-refractivity contribution in [2.24, 2.45) is 0 Å². The van der Waals surface area contributed by atoms with Crippen molar-refractivity contribution < 1.29 is 14.4 Å². The van der Waals surface area contributed by atoms with E-state index in [1.54, 1.807) is 25.3 Å². The Balaban J connectivity index is 2.35. The maximum Gasteiger partial charge on any atom is 0.276 e. The Labute approximate surface area is 125 Å². The second kappa shape index (κ2) is 6.27. The number of nitro groups is 1. The molecule has 0 atom stereocenters. The van der Waals surface area contributed by atoms with E-state index in [1.807, 2.05) is 0 Å². The summed E-state index contributed by atoms with van der Waals surface area (Å²) < 4.78 is 10.3. The lowest BCUT2D eigenvalue weighted by Crippen LogP contribution is -1.99. The number of anilines is 2. The molecule has 0 aliphatic rings. The number of methoxy groups -OCH3 is 2. The molecule has 7 nitrogen and oxygen atoms in total. The summed E-state index contributed by atoms with van der Waals surface area (Å²) in [7, 11) is 3.05. The average molecular weight is 310 g/mol. The van der Waals surface area contributed by atoms with Gasteiger partial charge < -0.3 is 14.8 Å². The second-order valence-corrected chi connectivity index (χ2v) is 4.37. The standard InChI is InChI=1S/C13H12ClN3O4/c1-20-9-3-4-10(11(7-9)21-2)15-13-6-8(17(18)19)5-12(14)16-13/h3-7H,1-2H3,(H,15,16). The van der Waals surface area contributed by atoms with Crippen LogP contribution in [0.15, 0.2) is 30.3 Å². The van der Waals surface area contributed by atoms with Crippen molar-refractivity contribution in [1.29, 1.82) is 0 Å². The molecule has 0 amide bonds. The molecule has 1 heterocycles. The van der Waals surface area contributed by atoms with Gasteiger partial charge in [-0.1, -0.05) is 11.6 Å². The molecule has 0 radical (unpaired) electrons. The number of benzene rings is 1. The van der Waals surface area contributed by atoms with Crippen LogP contribution >= 0.6 is 11.6 Å². The van der Waals surface area contributed by atoms with Crippen LogP contribution in [0.5, 0.6) is 11.5 Å². The molecular formula is C13H12ClN3O4. The predicted octanol–water partition coefficient (Wildman–Crippen LogP) is 3.40. The van der Waals surface area contributed by atoms with Crippen LogP contribution in [0, 0.1) is 10.1 Å². The molecule has 0 saturated heterocycles. The number of nitrogens with zero attached hydrogens (tertiary/aromatic N) is 2. The molecule has 0 aliphatic heterocycles. The summed E-state index contributed by atoms with van der Waals surface area (Å²) in [5.41, 5.74) is 0.437. The van der Waals surface area contributed by atoms with Gasteiger partial charge in [-0.05, 0) is 12.1 Å². The molecule has 0 spiro atoms. The largest absolute Gasteiger partial charge is 0.497 e. The van der Waals surface area contributed by atoms with Gasteiger partial charge in [0.15, 0.2) is 0 Å². The van der Waals surface area contributed by atoms with Gasteiger partial charge in [0.05, 0.1) is 37.0 Å². The number of hydrogen-bond acceptors (Lipinski definition) is 6. The highest BCUT2D eigenvalue weighted by atomic mass is 35.5. The Bertz CT molecular complexity index is 678. The molecule has 2 rings (SSSR count). The number of nitrogens with one attached hydrogen (secondary N) is 1. The van der Waals surface area contributed by atoms with Crippen LogP contribution in [0.2, 0.25) is 5.15 Å². The molecular weight excluding hydrogens is 298 g/mol. The Morgan fingerprint density at radius 3 is 2.62 bits per heavy atom. The van der Waals surface area contributed by atoms with E-state index < -0.39 is 4.92 Å². The number of pyridine rings is 1. The second-order valence-electron chi connectivity index (χ2n) is 3.98. The van der Waals surface area contributed by atoms with Gasteiger partial charge in [0, 0.05) is 6.07 Å². The van der Waals surface area contributed by atoms with Crippen molar-refractivity contribution in [3.8, 4) is 11.5 Å².